The van der Waals surface area contributed by atoms with E-state index in [9.17, 15) is 4.79 Å². The van der Waals surface area contributed by atoms with Crippen LogP contribution in [0.15, 0.2) is 0 Å². The fraction of sp³-hybridized carbons (Fsp3) is 0.889. The topological polar surface area (TPSA) is 47.6 Å². The molecule has 3 atom stereocenters. The number of fused-ring (bicyclic) bond motifs is 1. The van der Waals surface area contributed by atoms with E-state index in [1.807, 2.05) is 0 Å². The summed E-state index contributed by atoms with van der Waals surface area (Å²) in [7, 11) is 0. The summed E-state index contributed by atoms with van der Waals surface area (Å²) in [5.41, 5.74) is 0. The third-order valence-corrected chi connectivity index (χ3v) is 3.30. The molecule has 4 aliphatic rings. The lowest BCUT2D eigenvalue weighted by atomic mass is 9.74. The molecule has 0 aromatic heterocycles. The van der Waals surface area contributed by atoms with Gasteiger partial charge in [0, 0.05) is 6.04 Å². The second-order valence-electron chi connectivity index (χ2n) is 4.13. The minimum Gasteiger partial charge on any atom is -0.457 e. The molecule has 1 saturated carbocycles. The van der Waals surface area contributed by atoms with Gasteiger partial charge in [0.1, 0.15) is 6.10 Å². The first kappa shape index (κ1) is 7.76. The lowest BCUT2D eigenvalue weighted by Crippen LogP contribution is -2.47. The van der Waals surface area contributed by atoms with Gasteiger partial charge in [-0.2, -0.15) is 0 Å². The van der Waals surface area contributed by atoms with E-state index in [-0.39, 0.29) is 18.0 Å². The fourth-order valence-corrected chi connectivity index (χ4v) is 2.36. The molecule has 4 heteroatoms. The van der Waals surface area contributed by atoms with Crippen molar-refractivity contribution in [3.05, 3.63) is 0 Å². The maximum absolute atomic E-state index is 11.6. The SMILES string of the molecule is O=C(OC1COC1)C1C2CNC1C2. The molecule has 4 rings (SSSR count). The van der Waals surface area contributed by atoms with Gasteiger partial charge in [-0.1, -0.05) is 0 Å². The van der Waals surface area contributed by atoms with Crippen LogP contribution < -0.4 is 5.32 Å². The highest BCUT2D eigenvalue weighted by atomic mass is 16.6. The summed E-state index contributed by atoms with van der Waals surface area (Å²) in [6.07, 6.45) is 1.19. The molecule has 3 saturated heterocycles. The Kier molecular flexibility index (Phi) is 1.60. The molecule has 3 unspecified atom stereocenters. The second-order valence-corrected chi connectivity index (χ2v) is 4.13. The van der Waals surface area contributed by atoms with E-state index in [1.165, 1.54) is 0 Å². The lowest BCUT2D eigenvalue weighted by Gasteiger charge is -2.35. The molecule has 4 fully saturated rings. The first-order valence-electron chi connectivity index (χ1n) is 4.86. The van der Waals surface area contributed by atoms with Gasteiger partial charge in [0.05, 0.1) is 19.1 Å². The van der Waals surface area contributed by atoms with E-state index in [0.29, 0.717) is 25.2 Å². The predicted molar refractivity (Wildman–Crippen MR) is 44.1 cm³/mol. The Balaban J connectivity index is 1.56. The standard InChI is InChI=1S/C9H13NO3/c11-9(13-6-3-12-4-6)8-5-1-7(8)10-2-5/h5-8,10H,1-4H2. The van der Waals surface area contributed by atoms with Crippen molar-refractivity contribution in [2.45, 2.75) is 18.6 Å². The number of hydrogen-bond donors (Lipinski definition) is 1. The summed E-state index contributed by atoms with van der Waals surface area (Å²) < 4.78 is 10.2. The van der Waals surface area contributed by atoms with Crippen LogP contribution in [0.2, 0.25) is 0 Å². The first-order chi connectivity index (χ1) is 6.34. The van der Waals surface area contributed by atoms with Crippen molar-refractivity contribution in [2.75, 3.05) is 19.8 Å². The number of rotatable bonds is 2. The summed E-state index contributed by atoms with van der Waals surface area (Å²) >= 11 is 0. The molecule has 3 aliphatic heterocycles. The number of carbonyl (C=O) groups is 1. The van der Waals surface area contributed by atoms with E-state index in [4.69, 9.17) is 9.47 Å². The van der Waals surface area contributed by atoms with Crippen LogP contribution in [0.25, 0.3) is 0 Å². The number of ether oxygens (including phenoxy) is 2. The van der Waals surface area contributed by atoms with Crippen LogP contribution in [0, 0.1) is 11.8 Å². The third kappa shape index (κ3) is 1.09. The molecule has 0 aromatic rings. The predicted octanol–water partition coefficient (Wildman–Crippen LogP) is -0.464. The van der Waals surface area contributed by atoms with E-state index < -0.39 is 0 Å². The molecule has 4 nitrogen and oxygen atoms in total. The number of nitrogens with one attached hydrogen (secondary N) is 1. The lowest BCUT2D eigenvalue weighted by molar-refractivity contribution is -0.181. The number of hydrogen-bond acceptors (Lipinski definition) is 4. The van der Waals surface area contributed by atoms with Crippen LogP contribution in [-0.2, 0) is 14.3 Å². The van der Waals surface area contributed by atoms with Crippen LogP contribution in [0.3, 0.4) is 0 Å². The van der Waals surface area contributed by atoms with Crippen molar-refractivity contribution in [2.24, 2.45) is 11.8 Å². The molecule has 1 aliphatic carbocycles. The number of esters is 1. The monoisotopic (exact) mass is 183 g/mol. The Hall–Kier alpha value is -0.610. The van der Waals surface area contributed by atoms with E-state index >= 15 is 0 Å². The molecule has 0 spiro atoms. The Morgan fingerprint density at radius 3 is 2.77 bits per heavy atom. The van der Waals surface area contributed by atoms with Gasteiger partial charge < -0.3 is 14.8 Å². The van der Waals surface area contributed by atoms with Gasteiger partial charge >= 0.3 is 5.97 Å². The Morgan fingerprint density at radius 2 is 2.31 bits per heavy atom. The Bertz CT molecular complexity index is 225. The van der Waals surface area contributed by atoms with Gasteiger partial charge in [0.2, 0.25) is 0 Å². The largest absolute Gasteiger partial charge is 0.457 e. The Labute approximate surface area is 76.6 Å². The van der Waals surface area contributed by atoms with Crippen molar-refractivity contribution in [3.63, 3.8) is 0 Å². The van der Waals surface area contributed by atoms with Crippen molar-refractivity contribution in [3.8, 4) is 0 Å². The fourth-order valence-electron chi connectivity index (χ4n) is 2.36. The second kappa shape index (κ2) is 2.69. The summed E-state index contributed by atoms with van der Waals surface area (Å²) in [6, 6.07) is 0.401. The normalized spacial score (nSPS) is 42.3. The van der Waals surface area contributed by atoms with Gasteiger partial charge in [-0.3, -0.25) is 4.79 Å². The van der Waals surface area contributed by atoms with Gasteiger partial charge in [-0.15, -0.1) is 0 Å². The van der Waals surface area contributed by atoms with Crippen LogP contribution in [-0.4, -0.2) is 37.9 Å². The van der Waals surface area contributed by atoms with Gasteiger partial charge in [0.25, 0.3) is 0 Å². The van der Waals surface area contributed by atoms with Gasteiger partial charge in [-0.05, 0) is 18.9 Å². The quantitative estimate of drug-likeness (QED) is 0.588. The molecule has 13 heavy (non-hydrogen) atoms. The summed E-state index contributed by atoms with van der Waals surface area (Å²) in [4.78, 5) is 11.6. The molecule has 0 aromatic carbocycles. The summed E-state index contributed by atoms with van der Waals surface area (Å²) in [5, 5.41) is 3.30. The zero-order chi connectivity index (χ0) is 8.84. The van der Waals surface area contributed by atoms with E-state index in [0.717, 1.165) is 13.0 Å². The minimum absolute atomic E-state index is 0.0143. The molecule has 1 N–H and O–H groups in total. The molecule has 2 bridgehead atoms. The average molecular weight is 183 g/mol. The maximum atomic E-state index is 11.6. The van der Waals surface area contributed by atoms with Gasteiger partial charge in [-0.25, -0.2) is 0 Å². The molecular weight excluding hydrogens is 170 g/mol. The minimum atomic E-state index is -0.0143. The number of carbonyl (C=O) groups excluding carboxylic acids is 1. The van der Waals surface area contributed by atoms with E-state index in [1.54, 1.807) is 0 Å². The van der Waals surface area contributed by atoms with Crippen molar-refractivity contribution < 1.29 is 14.3 Å². The molecule has 0 amide bonds. The Morgan fingerprint density at radius 1 is 1.46 bits per heavy atom. The summed E-state index contributed by atoms with van der Waals surface area (Å²) in [6.45, 7) is 2.16. The van der Waals surface area contributed by atoms with Crippen LogP contribution in [0.4, 0.5) is 0 Å². The molecule has 3 heterocycles. The highest BCUT2D eigenvalue weighted by molar-refractivity contribution is 5.76. The highest BCUT2D eigenvalue weighted by Crippen LogP contribution is 2.40. The molecule has 0 radical (unpaired) electrons. The molecular formula is C9H13NO3. The van der Waals surface area contributed by atoms with Crippen molar-refractivity contribution in [1.82, 2.24) is 5.32 Å². The van der Waals surface area contributed by atoms with Crippen molar-refractivity contribution in [1.29, 1.82) is 0 Å². The first-order valence-corrected chi connectivity index (χ1v) is 4.86. The van der Waals surface area contributed by atoms with Crippen LogP contribution >= 0.6 is 0 Å². The smallest absolute Gasteiger partial charge is 0.311 e. The maximum Gasteiger partial charge on any atom is 0.311 e. The van der Waals surface area contributed by atoms with Crippen LogP contribution in [0.5, 0.6) is 0 Å². The highest BCUT2D eigenvalue weighted by Gasteiger charge is 2.52. The van der Waals surface area contributed by atoms with Crippen molar-refractivity contribution >= 4 is 5.97 Å². The summed E-state index contributed by atoms with van der Waals surface area (Å²) in [5.74, 6) is 0.665. The zero-order valence-electron chi connectivity index (χ0n) is 7.36. The van der Waals surface area contributed by atoms with Crippen LogP contribution in [0.1, 0.15) is 6.42 Å². The van der Waals surface area contributed by atoms with Gasteiger partial charge in [0.15, 0.2) is 0 Å². The third-order valence-electron chi connectivity index (χ3n) is 3.30. The van der Waals surface area contributed by atoms with E-state index in [2.05, 4.69) is 5.32 Å². The molecule has 72 valence electrons. The average Bonchev–Trinajstić information content (AvgIpc) is 2.55. The zero-order valence-corrected chi connectivity index (χ0v) is 7.36.